The van der Waals surface area contributed by atoms with Gasteiger partial charge in [0.15, 0.2) is 8.32 Å². The second kappa shape index (κ2) is 12.3. The van der Waals surface area contributed by atoms with Crippen LogP contribution in [0.2, 0.25) is 39.3 Å². The zero-order valence-electron chi connectivity index (χ0n) is 19.1. The molecule has 0 aliphatic heterocycles. The fraction of sp³-hybridized carbons (Fsp3) is 0.304. The molecule has 0 aliphatic carbocycles. The minimum Gasteiger partial charge on any atom is -0.433 e. The fourth-order valence-corrected chi connectivity index (χ4v) is 19.2. The molecule has 0 unspecified atom stereocenters. The Morgan fingerprint density at radius 2 is 0.968 bits per heavy atom. The van der Waals surface area contributed by atoms with Crippen molar-refractivity contribution in [1.29, 1.82) is 0 Å². The molecule has 0 N–H and O–H groups in total. The Labute approximate surface area is 219 Å². The van der Waals surface area contributed by atoms with Crippen molar-refractivity contribution in [3.05, 3.63) is 85.2 Å². The van der Waals surface area contributed by atoms with Gasteiger partial charge in [-0.15, -0.1) is 13.2 Å². The van der Waals surface area contributed by atoms with E-state index in [9.17, 15) is 0 Å². The van der Waals surface area contributed by atoms with Crippen molar-refractivity contribution in [2.75, 3.05) is 0 Å². The Morgan fingerprint density at radius 3 is 1.32 bits per heavy atom. The first-order chi connectivity index (χ1) is 13.5. The predicted molar refractivity (Wildman–Crippen MR) is 141 cm³/mol. The van der Waals surface area contributed by atoms with Crippen molar-refractivity contribution in [2.45, 2.75) is 46.7 Å². The molecule has 1 radical (unpaired) electrons. The molecule has 0 fully saturated rings. The molecule has 0 aromatic heterocycles. The van der Waals surface area contributed by atoms with E-state index in [4.69, 9.17) is 12.3 Å². The molecular formula is C23H38O3Si4Y. The molecule has 0 heterocycles. The average Bonchev–Trinajstić information content (AvgIpc) is 2.67. The van der Waals surface area contributed by atoms with E-state index in [0.29, 0.717) is 0 Å². The van der Waals surface area contributed by atoms with Crippen LogP contribution in [-0.4, -0.2) is 33.8 Å². The van der Waals surface area contributed by atoms with E-state index in [1.165, 1.54) is 0 Å². The average molecular weight is 564 g/mol. The molecule has 0 spiro atoms. The Balaban J connectivity index is 0.00000450. The molecule has 0 atom stereocenters. The summed E-state index contributed by atoms with van der Waals surface area (Å²) in [5.41, 5.74) is 3.94. The smallest absolute Gasteiger partial charge is 0.388 e. The summed E-state index contributed by atoms with van der Waals surface area (Å²) in [6.45, 7) is 20.9. The first kappa shape index (κ1) is 30.8. The summed E-state index contributed by atoms with van der Waals surface area (Å²) >= 11 is 0. The molecule has 2 aromatic rings. The van der Waals surface area contributed by atoms with Gasteiger partial charge in [-0.25, -0.2) is 0 Å². The summed E-state index contributed by atoms with van der Waals surface area (Å²) in [5, 5.41) is 2.19. The van der Waals surface area contributed by atoms with Crippen molar-refractivity contribution in [2.24, 2.45) is 0 Å². The Bertz CT molecular complexity index is 788. The monoisotopic (exact) mass is 563 g/mol. The van der Waals surface area contributed by atoms with E-state index >= 15 is 0 Å². The van der Waals surface area contributed by atoms with Crippen LogP contribution in [0.1, 0.15) is 7.43 Å². The summed E-state index contributed by atoms with van der Waals surface area (Å²) in [6.07, 6.45) is 0. The van der Waals surface area contributed by atoms with Crippen LogP contribution in [0.4, 0.5) is 0 Å². The van der Waals surface area contributed by atoms with Crippen LogP contribution < -0.4 is 10.4 Å². The van der Waals surface area contributed by atoms with Gasteiger partial charge in [-0.1, -0.05) is 79.5 Å². The fourth-order valence-electron chi connectivity index (χ4n) is 3.19. The third kappa shape index (κ3) is 8.57. The van der Waals surface area contributed by atoms with Crippen LogP contribution in [0.5, 0.6) is 0 Å². The Kier molecular flexibility index (Phi) is 12.2. The van der Waals surface area contributed by atoms with Gasteiger partial charge in [0.1, 0.15) is 0 Å². The molecular weight excluding hydrogens is 526 g/mol. The Morgan fingerprint density at radius 1 is 0.613 bits per heavy atom. The van der Waals surface area contributed by atoms with Gasteiger partial charge in [0, 0.05) is 32.7 Å². The van der Waals surface area contributed by atoms with Crippen molar-refractivity contribution in [1.82, 2.24) is 0 Å². The second-order valence-electron chi connectivity index (χ2n) is 8.67. The predicted octanol–water partition coefficient (Wildman–Crippen LogP) is 5.49. The number of hydrogen-bond donors (Lipinski definition) is 0. The minimum atomic E-state index is -3.04. The molecule has 3 nitrogen and oxygen atoms in total. The SMILES string of the molecule is C.C=C[Si](C)(C)O[Si](C)(C)O[Si](O[Si](C)(C)C=C)(c1ccccc1)c1ccccc1.[Y]. The molecule has 2 aromatic carbocycles. The van der Waals surface area contributed by atoms with E-state index in [1.54, 1.807) is 0 Å². The zero-order valence-corrected chi connectivity index (χ0v) is 26.0. The van der Waals surface area contributed by atoms with Crippen molar-refractivity contribution < 1.29 is 45.1 Å². The van der Waals surface area contributed by atoms with Crippen LogP contribution in [0.25, 0.3) is 0 Å². The van der Waals surface area contributed by atoms with Crippen molar-refractivity contribution >= 4 is 44.1 Å². The van der Waals surface area contributed by atoms with Crippen LogP contribution in [-0.2, 0) is 45.1 Å². The molecule has 2 rings (SSSR count). The van der Waals surface area contributed by atoms with Gasteiger partial charge in [-0.2, -0.15) is 0 Å². The maximum absolute atomic E-state index is 7.08. The zero-order chi connectivity index (χ0) is 21.8. The number of rotatable bonds is 10. The van der Waals surface area contributed by atoms with Crippen LogP contribution in [0.15, 0.2) is 85.2 Å². The van der Waals surface area contributed by atoms with E-state index in [-0.39, 0.29) is 40.1 Å². The van der Waals surface area contributed by atoms with Gasteiger partial charge in [0.25, 0.3) is 0 Å². The van der Waals surface area contributed by atoms with E-state index < -0.39 is 33.8 Å². The van der Waals surface area contributed by atoms with Gasteiger partial charge in [-0.3, -0.25) is 0 Å². The molecule has 0 bridgehead atoms. The summed E-state index contributed by atoms with van der Waals surface area (Å²) < 4.78 is 20.7. The summed E-state index contributed by atoms with van der Waals surface area (Å²) in [4.78, 5) is 0. The Hall–Kier alpha value is -0.229. The van der Waals surface area contributed by atoms with Gasteiger partial charge < -0.3 is 12.3 Å². The van der Waals surface area contributed by atoms with E-state index in [0.717, 1.165) is 10.4 Å². The summed E-state index contributed by atoms with van der Waals surface area (Å²) in [5.74, 6) is 0. The maximum Gasteiger partial charge on any atom is 0.388 e. The van der Waals surface area contributed by atoms with Crippen LogP contribution in [0, 0.1) is 0 Å². The number of hydrogen-bond acceptors (Lipinski definition) is 3. The first-order valence-corrected chi connectivity index (χ1v) is 20.5. The van der Waals surface area contributed by atoms with Gasteiger partial charge >= 0.3 is 17.1 Å². The standard InChI is InChI=1S/C22H34O3Si4.CH4.Y/c1-9-26(3,4)23-28(7,8)25-29(24-27(5,6)10-2,21-17-13-11-14-18-21)22-19-15-12-16-20-22;;/h9-20H,1-2H2,3-8H3;1H4;. The minimum absolute atomic E-state index is 0. The summed E-state index contributed by atoms with van der Waals surface area (Å²) in [6, 6.07) is 20.7. The summed E-state index contributed by atoms with van der Waals surface area (Å²) in [7, 11) is -9.80. The molecule has 0 saturated heterocycles. The van der Waals surface area contributed by atoms with Crippen molar-refractivity contribution in [3.63, 3.8) is 0 Å². The van der Waals surface area contributed by atoms with E-state index in [1.807, 2.05) is 47.8 Å². The largest absolute Gasteiger partial charge is 0.433 e. The molecule has 167 valence electrons. The van der Waals surface area contributed by atoms with Crippen molar-refractivity contribution in [3.8, 4) is 0 Å². The topological polar surface area (TPSA) is 27.7 Å². The first-order valence-electron chi connectivity index (χ1n) is 9.94. The number of benzene rings is 2. The van der Waals surface area contributed by atoms with E-state index in [2.05, 4.69) is 76.7 Å². The normalized spacial score (nSPS) is 12.3. The molecule has 0 amide bonds. The molecule has 8 heteroatoms. The maximum atomic E-state index is 7.08. The second-order valence-corrected chi connectivity index (χ2v) is 23.5. The quantitative estimate of drug-likeness (QED) is 0.358. The molecule has 31 heavy (non-hydrogen) atoms. The third-order valence-electron chi connectivity index (χ3n) is 4.60. The molecule has 0 aliphatic rings. The van der Waals surface area contributed by atoms with Crippen LogP contribution in [0.3, 0.4) is 0 Å². The van der Waals surface area contributed by atoms with Crippen LogP contribution >= 0.6 is 0 Å². The van der Waals surface area contributed by atoms with Gasteiger partial charge in [0.2, 0.25) is 8.32 Å². The third-order valence-corrected chi connectivity index (χ3v) is 19.2. The molecule has 0 saturated carbocycles. The van der Waals surface area contributed by atoms with Gasteiger partial charge in [0.05, 0.1) is 0 Å². The van der Waals surface area contributed by atoms with Gasteiger partial charge in [-0.05, 0) is 49.7 Å².